The van der Waals surface area contributed by atoms with Crippen molar-refractivity contribution in [3.8, 4) is 17.5 Å². The van der Waals surface area contributed by atoms with Gasteiger partial charge in [0.25, 0.3) is 5.91 Å². The van der Waals surface area contributed by atoms with E-state index in [1.165, 1.54) is 30.1 Å². The first-order valence-corrected chi connectivity index (χ1v) is 10.1. The Bertz CT molecular complexity index is 1030. The lowest BCUT2D eigenvalue weighted by Gasteiger charge is -2.12. The molecule has 0 unspecified atom stereocenters. The van der Waals surface area contributed by atoms with Crippen LogP contribution in [-0.4, -0.2) is 28.3 Å². The average molecular weight is 410 g/mol. The maximum Gasteiger partial charge on any atom is 0.274 e. The summed E-state index contributed by atoms with van der Waals surface area (Å²) in [5.41, 5.74) is 1.56. The van der Waals surface area contributed by atoms with Crippen molar-refractivity contribution >= 4 is 23.4 Å². The van der Waals surface area contributed by atoms with Crippen LogP contribution in [0.2, 0.25) is 0 Å². The topological polar surface area (TPSA) is 79.9 Å². The van der Waals surface area contributed by atoms with E-state index in [4.69, 9.17) is 10.00 Å². The smallest absolute Gasteiger partial charge is 0.274 e. The molecule has 0 aliphatic rings. The molecule has 3 aromatic rings. The standard InChI is InChI=1S/C21H19FN4O2S/c1-29-21-24-14-19(26(21)17-9-7-15(22)8-10-17)20(27)25-16-5-4-6-18(13-16)28-12-3-2-11-23/h4-10,13-14H,2-3,12H2,1H3,(H,25,27). The Morgan fingerprint density at radius 1 is 1.31 bits per heavy atom. The van der Waals surface area contributed by atoms with Crippen LogP contribution in [0, 0.1) is 17.1 Å². The van der Waals surface area contributed by atoms with Crippen molar-refractivity contribution in [2.45, 2.75) is 18.0 Å². The largest absolute Gasteiger partial charge is 0.493 e. The molecule has 0 aliphatic heterocycles. The minimum Gasteiger partial charge on any atom is -0.493 e. The summed E-state index contributed by atoms with van der Waals surface area (Å²) < 4.78 is 20.6. The molecule has 3 rings (SSSR count). The van der Waals surface area contributed by atoms with Gasteiger partial charge in [-0.3, -0.25) is 9.36 Å². The fraction of sp³-hybridized carbons (Fsp3) is 0.190. The van der Waals surface area contributed by atoms with E-state index in [0.29, 0.717) is 47.4 Å². The van der Waals surface area contributed by atoms with Crippen LogP contribution in [0.25, 0.3) is 5.69 Å². The van der Waals surface area contributed by atoms with Gasteiger partial charge in [0.15, 0.2) is 5.16 Å². The Balaban J connectivity index is 1.79. The highest BCUT2D eigenvalue weighted by molar-refractivity contribution is 7.98. The Morgan fingerprint density at radius 3 is 2.83 bits per heavy atom. The Morgan fingerprint density at radius 2 is 2.10 bits per heavy atom. The number of anilines is 1. The lowest BCUT2D eigenvalue weighted by molar-refractivity contribution is 0.102. The number of thioether (sulfide) groups is 1. The third-order valence-electron chi connectivity index (χ3n) is 4.02. The molecule has 0 bridgehead atoms. The van der Waals surface area contributed by atoms with Gasteiger partial charge in [-0.05, 0) is 49.1 Å². The van der Waals surface area contributed by atoms with Crippen LogP contribution >= 0.6 is 11.8 Å². The van der Waals surface area contributed by atoms with E-state index in [1.54, 1.807) is 41.0 Å². The molecule has 0 spiro atoms. The van der Waals surface area contributed by atoms with E-state index in [1.807, 2.05) is 6.26 Å². The van der Waals surface area contributed by atoms with Crippen molar-refractivity contribution in [2.75, 3.05) is 18.2 Å². The number of aromatic nitrogens is 2. The maximum atomic E-state index is 13.3. The van der Waals surface area contributed by atoms with Crippen LogP contribution in [0.4, 0.5) is 10.1 Å². The van der Waals surface area contributed by atoms with Gasteiger partial charge in [-0.15, -0.1) is 0 Å². The highest BCUT2D eigenvalue weighted by Crippen LogP contribution is 2.24. The number of ether oxygens (including phenoxy) is 1. The van der Waals surface area contributed by atoms with Gasteiger partial charge in [-0.1, -0.05) is 17.8 Å². The molecular formula is C21H19FN4O2S. The SMILES string of the molecule is CSc1ncc(C(=O)Nc2cccc(OCCCC#N)c2)n1-c1ccc(F)cc1. The summed E-state index contributed by atoms with van der Waals surface area (Å²) in [6.45, 7) is 0.430. The number of hydrogen-bond donors (Lipinski definition) is 1. The van der Waals surface area contributed by atoms with Gasteiger partial charge in [0.2, 0.25) is 0 Å². The van der Waals surface area contributed by atoms with Gasteiger partial charge in [0.05, 0.1) is 18.9 Å². The third-order valence-corrected chi connectivity index (χ3v) is 4.68. The normalized spacial score (nSPS) is 10.4. The number of amides is 1. The lowest BCUT2D eigenvalue weighted by atomic mass is 10.2. The predicted octanol–water partition coefficient (Wildman–Crippen LogP) is 4.67. The molecule has 0 radical (unpaired) electrons. The van der Waals surface area contributed by atoms with Gasteiger partial charge in [-0.25, -0.2) is 9.37 Å². The number of rotatable bonds is 8. The molecule has 29 heavy (non-hydrogen) atoms. The molecule has 0 saturated heterocycles. The number of nitriles is 1. The van der Waals surface area contributed by atoms with Crippen molar-refractivity contribution < 1.29 is 13.9 Å². The second kappa shape index (κ2) is 9.75. The zero-order valence-electron chi connectivity index (χ0n) is 15.8. The van der Waals surface area contributed by atoms with Crippen molar-refractivity contribution in [1.82, 2.24) is 9.55 Å². The number of imidazole rings is 1. The van der Waals surface area contributed by atoms with E-state index >= 15 is 0 Å². The maximum absolute atomic E-state index is 13.3. The molecule has 0 aliphatic carbocycles. The third kappa shape index (κ3) is 5.15. The number of nitrogens with one attached hydrogen (secondary N) is 1. The summed E-state index contributed by atoms with van der Waals surface area (Å²) in [5, 5.41) is 12.0. The first-order chi connectivity index (χ1) is 14.1. The molecule has 2 aromatic carbocycles. The van der Waals surface area contributed by atoms with Crippen LogP contribution in [0.15, 0.2) is 59.9 Å². The number of hydrogen-bond acceptors (Lipinski definition) is 5. The zero-order valence-corrected chi connectivity index (χ0v) is 16.6. The predicted molar refractivity (Wildman–Crippen MR) is 110 cm³/mol. The molecule has 0 atom stereocenters. The van der Waals surface area contributed by atoms with Gasteiger partial charge >= 0.3 is 0 Å². The molecule has 1 N–H and O–H groups in total. The Labute approximate surface area is 172 Å². The van der Waals surface area contributed by atoms with Crippen LogP contribution in [0.1, 0.15) is 23.3 Å². The molecule has 8 heteroatoms. The second-order valence-electron chi connectivity index (χ2n) is 6.03. The summed E-state index contributed by atoms with van der Waals surface area (Å²) in [6.07, 6.45) is 4.42. The van der Waals surface area contributed by atoms with E-state index in [-0.39, 0.29) is 11.7 Å². The summed E-state index contributed by atoms with van der Waals surface area (Å²) >= 11 is 1.39. The molecule has 1 aromatic heterocycles. The van der Waals surface area contributed by atoms with E-state index < -0.39 is 0 Å². The van der Waals surface area contributed by atoms with Crippen LogP contribution < -0.4 is 10.1 Å². The molecule has 0 saturated carbocycles. The molecular weight excluding hydrogens is 391 g/mol. The van der Waals surface area contributed by atoms with Crippen molar-refractivity contribution in [3.63, 3.8) is 0 Å². The van der Waals surface area contributed by atoms with E-state index in [0.717, 1.165) is 0 Å². The lowest BCUT2D eigenvalue weighted by Crippen LogP contribution is -2.16. The van der Waals surface area contributed by atoms with Gasteiger partial charge in [0, 0.05) is 23.9 Å². The van der Waals surface area contributed by atoms with Crippen LogP contribution in [-0.2, 0) is 0 Å². The summed E-state index contributed by atoms with van der Waals surface area (Å²) in [6, 6.07) is 15.0. The quantitative estimate of drug-likeness (QED) is 0.431. The molecule has 1 amide bonds. The van der Waals surface area contributed by atoms with Crippen LogP contribution in [0.3, 0.4) is 0 Å². The van der Waals surface area contributed by atoms with Crippen molar-refractivity contribution in [2.24, 2.45) is 0 Å². The van der Waals surface area contributed by atoms with Gasteiger partial charge in [0.1, 0.15) is 17.3 Å². The number of halogens is 1. The number of unbranched alkanes of at least 4 members (excludes halogenated alkanes) is 1. The Kier molecular flexibility index (Phi) is 6.87. The minimum atomic E-state index is -0.350. The number of benzene rings is 2. The zero-order chi connectivity index (χ0) is 20.6. The highest BCUT2D eigenvalue weighted by Gasteiger charge is 2.18. The van der Waals surface area contributed by atoms with Crippen molar-refractivity contribution in [1.29, 1.82) is 5.26 Å². The molecule has 6 nitrogen and oxygen atoms in total. The monoisotopic (exact) mass is 410 g/mol. The summed E-state index contributed by atoms with van der Waals surface area (Å²) in [5.74, 6) is -0.0847. The molecule has 148 valence electrons. The average Bonchev–Trinajstić information content (AvgIpc) is 3.16. The first-order valence-electron chi connectivity index (χ1n) is 8.91. The van der Waals surface area contributed by atoms with Gasteiger partial charge in [-0.2, -0.15) is 5.26 Å². The highest BCUT2D eigenvalue weighted by atomic mass is 32.2. The van der Waals surface area contributed by atoms with E-state index in [9.17, 15) is 9.18 Å². The first kappa shape index (κ1) is 20.4. The Hall–Kier alpha value is -3.31. The molecule has 0 fully saturated rings. The molecule has 1 heterocycles. The summed E-state index contributed by atoms with van der Waals surface area (Å²) in [4.78, 5) is 17.2. The van der Waals surface area contributed by atoms with Crippen LogP contribution in [0.5, 0.6) is 5.75 Å². The summed E-state index contributed by atoms with van der Waals surface area (Å²) in [7, 11) is 0. The number of carbonyl (C=O) groups excluding carboxylic acids is 1. The van der Waals surface area contributed by atoms with Gasteiger partial charge < -0.3 is 10.1 Å². The number of nitrogens with zero attached hydrogens (tertiary/aromatic N) is 3. The fourth-order valence-electron chi connectivity index (χ4n) is 2.68. The van der Waals surface area contributed by atoms with E-state index in [2.05, 4.69) is 16.4 Å². The van der Waals surface area contributed by atoms with Crippen molar-refractivity contribution in [3.05, 3.63) is 66.2 Å². The number of carbonyl (C=O) groups is 1. The minimum absolute atomic E-state index is 0.335. The second-order valence-corrected chi connectivity index (χ2v) is 6.81. The fourth-order valence-corrected chi connectivity index (χ4v) is 3.22.